The van der Waals surface area contributed by atoms with Crippen molar-refractivity contribution >= 4 is 11.6 Å². The number of amides is 1. The molecule has 0 unspecified atom stereocenters. The fourth-order valence-electron chi connectivity index (χ4n) is 2.55. The molecule has 0 aromatic heterocycles. The first-order chi connectivity index (χ1) is 7.88. The summed E-state index contributed by atoms with van der Waals surface area (Å²) in [6.45, 7) is 3.17. The highest BCUT2D eigenvalue weighted by molar-refractivity contribution is 6.08. The normalized spacial score (nSPS) is 22.8. The van der Waals surface area contributed by atoms with Gasteiger partial charge in [0, 0.05) is 12.0 Å². The molecule has 1 aromatic carbocycles. The maximum Gasteiger partial charge on any atom is 0.243 e. The SMILES string of the molecule is Cc1cccc2c1N(C)C(=O)[C@]2(C)C[N+](=O)[O-]. The van der Waals surface area contributed by atoms with E-state index in [2.05, 4.69) is 0 Å². The van der Waals surface area contributed by atoms with Crippen molar-refractivity contribution in [3.8, 4) is 0 Å². The largest absolute Gasteiger partial charge is 0.314 e. The number of fused-ring (bicyclic) bond motifs is 1. The molecule has 1 aromatic rings. The molecule has 1 atom stereocenters. The van der Waals surface area contributed by atoms with E-state index in [9.17, 15) is 14.9 Å². The molecule has 1 aliphatic rings. The van der Waals surface area contributed by atoms with E-state index in [0.717, 1.165) is 16.8 Å². The third-order valence-electron chi connectivity index (χ3n) is 3.39. The molecule has 0 radical (unpaired) electrons. The summed E-state index contributed by atoms with van der Waals surface area (Å²) in [5.74, 6) is -0.210. The lowest BCUT2D eigenvalue weighted by Crippen LogP contribution is -2.41. The van der Waals surface area contributed by atoms with Gasteiger partial charge in [-0.3, -0.25) is 14.9 Å². The van der Waals surface area contributed by atoms with Crippen molar-refractivity contribution in [2.75, 3.05) is 18.5 Å². The third kappa shape index (κ3) is 1.50. The lowest BCUT2D eigenvalue weighted by molar-refractivity contribution is -0.487. The van der Waals surface area contributed by atoms with Crippen LogP contribution in [-0.4, -0.2) is 24.4 Å². The van der Waals surface area contributed by atoms with Crippen LogP contribution in [0.4, 0.5) is 5.69 Å². The molecule has 0 bridgehead atoms. The molecular weight excluding hydrogens is 220 g/mol. The van der Waals surface area contributed by atoms with E-state index in [0.29, 0.717) is 0 Å². The van der Waals surface area contributed by atoms with Crippen LogP contribution in [-0.2, 0) is 10.2 Å². The second-order valence-corrected chi connectivity index (χ2v) is 4.66. The maximum absolute atomic E-state index is 12.2. The van der Waals surface area contributed by atoms with Gasteiger partial charge in [-0.1, -0.05) is 18.2 Å². The number of rotatable bonds is 2. The number of nitro groups is 1. The second kappa shape index (κ2) is 3.55. The summed E-state index contributed by atoms with van der Waals surface area (Å²) in [6, 6.07) is 5.53. The minimum Gasteiger partial charge on any atom is -0.314 e. The van der Waals surface area contributed by atoms with E-state index in [1.54, 1.807) is 20.0 Å². The first-order valence-corrected chi connectivity index (χ1v) is 5.38. The molecule has 0 aliphatic carbocycles. The number of carbonyl (C=O) groups is 1. The lowest BCUT2D eigenvalue weighted by atomic mass is 9.83. The van der Waals surface area contributed by atoms with Crippen LogP contribution in [0.1, 0.15) is 18.1 Å². The first-order valence-electron chi connectivity index (χ1n) is 5.38. The van der Waals surface area contributed by atoms with Crippen molar-refractivity contribution in [2.24, 2.45) is 0 Å². The van der Waals surface area contributed by atoms with Gasteiger partial charge in [-0.25, -0.2) is 0 Å². The van der Waals surface area contributed by atoms with E-state index < -0.39 is 10.3 Å². The maximum atomic E-state index is 12.2. The number of nitrogens with zero attached hydrogens (tertiary/aromatic N) is 2. The van der Waals surface area contributed by atoms with Gasteiger partial charge < -0.3 is 4.90 Å². The summed E-state index contributed by atoms with van der Waals surface area (Å²) in [5, 5.41) is 10.7. The lowest BCUT2D eigenvalue weighted by Gasteiger charge is -2.17. The van der Waals surface area contributed by atoms with Crippen molar-refractivity contribution in [1.29, 1.82) is 0 Å². The average Bonchev–Trinajstić information content (AvgIpc) is 2.42. The molecule has 90 valence electrons. The summed E-state index contributed by atoms with van der Waals surface area (Å²) in [5.41, 5.74) is 1.48. The number of hydrogen-bond acceptors (Lipinski definition) is 3. The fraction of sp³-hybridized carbons (Fsp3) is 0.417. The van der Waals surface area contributed by atoms with Crippen LogP contribution < -0.4 is 4.90 Å². The van der Waals surface area contributed by atoms with E-state index in [-0.39, 0.29) is 12.5 Å². The zero-order chi connectivity index (χ0) is 12.8. The highest BCUT2D eigenvalue weighted by atomic mass is 16.6. The number of carbonyl (C=O) groups excluding carboxylic acids is 1. The standard InChI is InChI=1S/C12H14N2O3/c1-8-5-4-6-9-10(8)13(3)11(15)12(9,2)7-14(16)17/h4-6H,7H2,1-3H3/t12-/m1/s1. The molecule has 0 N–H and O–H groups in total. The van der Waals surface area contributed by atoms with E-state index in [4.69, 9.17) is 0 Å². The monoisotopic (exact) mass is 234 g/mol. The number of hydrogen-bond donors (Lipinski definition) is 0. The van der Waals surface area contributed by atoms with Crippen LogP contribution in [0.25, 0.3) is 0 Å². The van der Waals surface area contributed by atoms with Crippen molar-refractivity contribution in [3.05, 3.63) is 39.4 Å². The molecule has 1 amide bonds. The van der Waals surface area contributed by atoms with Gasteiger partial charge >= 0.3 is 0 Å². The Labute approximate surface area is 99.2 Å². The van der Waals surface area contributed by atoms with Crippen LogP contribution in [0.15, 0.2) is 18.2 Å². The number of likely N-dealkylation sites (N-methyl/N-ethyl adjacent to an activating group) is 1. The predicted molar refractivity (Wildman–Crippen MR) is 63.8 cm³/mol. The Balaban J connectivity index is 2.63. The van der Waals surface area contributed by atoms with Gasteiger partial charge in [0.2, 0.25) is 12.5 Å². The van der Waals surface area contributed by atoms with Crippen LogP contribution in [0.5, 0.6) is 0 Å². The number of aryl methyl sites for hydroxylation is 1. The molecule has 0 saturated carbocycles. The molecule has 0 saturated heterocycles. The van der Waals surface area contributed by atoms with E-state index in [1.165, 1.54) is 4.90 Å². The van der Waals surface area contributed by atoms with Gasteiger partial charge in [-0.05, 0) is 25.0 Å². The Morgan fingerprint density at radius 1 is 1.47 bits per heavy atom. The molecule has 5 heteroatoms. The summed E-state index contributed by atoms with van der Waals surface area (Å²) in [7, 11) is 1.67. The third-order valence-corrected chi connectivity index (χ3v) is 3.39. The Morgan fingerprint density at radius 2 is 2.12 bits per heavy atom. The zero-order valence-electron chi connectivity index (χ0n) is 10.1. The summed E-state index contributed by atoms with van der Waals surface area (Å²) in [6.07, 6.45) is 0. The quantitative estimate of drug-likeness (QED) is 0.575. The Morgan fingerprint density at radius 3 is 2.71 bits per heavy atom. The Hall–Kier alpha value is -1.91. The molecule has 1 heterocycles. The topological polar surface area (TPSA) is 63.5 Å². The van der Waals surface area contributed by atoms with Gasteiger partial charge in [-0.15, -0.1) is 0 Å². The van der Waals surface area contributed by atoms with Gasteiger partial charge in [-0.2, -0.15) is 0 Å². The minimum absolute atomic E-state index is 0.210. The summed E-state index contributed by atoms with van der Waals surface area (Å²) in [4.78, 5) is 24.0. The van der Waals surface area contributed by atoms with E-state index >= 15 is 0 Å². The zero-order valence-corrected chi connectivity index (χ0v) is 10.1. The van der Waals surface area contributed by atoms with Crippen LogP contribution in [0.3, 0.4) is 0 Å². The molecule has 0 spiro atoms. The summed E-state index contributed by atoms with van der Waals surface area (Å²) >= 11 is 0. The highest BCUT2D eigenvalue weighted by Gasteiger charge is 2.50. The van der Waals surface area contributed by atoms with Crippen molar-refractivity contribution in [2.45, 2.75) is 19.3 Å². The number of anilines is 1. The molecule has 5 nitrogen and oxygen atoms in total. The van der Waals surface area contributed by atoms with Gasteiger partial charge in [0.05, 0.1) is 5.69 Å². The van der Waals surface area contributed by atoms with Crippen molar-refractivity contribution in [3.63, 3.8) is 0 Å². The first kappa shape index (κ1) is 11.6. The smallest absolute Gasteiger partial charge is 0.243 e. The average molecular weight is 234 g/mol. The minimum atomic E-state index is -1.04. The predicted octanol–water partition coefficient (Wildman–Crippen LogP) is 1.51. The van der Waals surface area contributed by atoms with E-state index in [1.807, 2.05) is 19.1 Å². The van der Waals surface area contributed by atoms with Crippen LogP contribution in [0, 0.1) is 17.0 Å². The number of benzene rings is 1. The molecule has 2 rings (SSSR count). The summed E-state index contributed by atoms with van der Waals surface area (Å²) < 4.78 is 0. The van der Waals surface area contributed by atoms with Crippen LogP contribution in [0.2, 0.25) is 0 Å². The van der Waals surface area contributed by atoms with Gasteiger partial charge in [0.1, 0.15) is 5.41 Å². The second-order valence-electron chi connectivity index (χ2n) is 4.66. The molecule has 1 aliphatic heterocycles. The number of para-hydroxylation sites is 1. The highest BCUT2D eigenvalue weighted by Crippen LogP contribution is 2.42. The van der Waals surface area contributed by atoms with Gasteiger partial charge in [0.25, 0.3) is 0 Å². The Bertz CT molecular complexity index is 512. The molecule has 0 fully saturated rings. The fourth-order valence-corrected chi connectivity index (χ4v) is 2.55. The molecular formula is C12H14N2O3. The van der Waals surface area contributed by atoms with Crippen LogP contribution >= 0.6 is 0 Å². The molecule has 17 heavy (non-hydrogen) atoms. The van der Waals surface area contributed by atoms with Crippen molar-refractivity contribution < 1.29 is 9.72 Å². The van der Waals surface area contributed by atoms with Crippen molar-refractivity contribution in [1.82, 2.24) is 0 Å². The van der Waals surface area contributed by atoms with Gasteiger partial charge in [0.15, 0.2) is 0 Å². The Kier molecular flexibility index (Phi) is 2.41.